The Morgan fingerprint density at radius 3 is 2.62 bits per heavy atom. The van der Waals surface area contributed by atoms with Crippen molar-refractivity contribution in [3.05, 3.63) is 12.2 Å². The van der Waals surface area contributed by atoms with Crippen molar-refractivity contribution < 1.29 is 23.8 Å². The van der Waals surface area contributed by atoms with Crippen LogP contribution in [0.3, 0.4) is 0 Å². The zero-order chi connectivity index (χ0) is 14.9. The van der Waals surface area contributed by atoms with Gasteiger partial charge in [0, 0.05) is 25.2 Å². The van der Waals surface area contributed by atoms with Crippen LogP contribution in [0, 0.1) is 0 Å². The lowest BCUT2D eigenvalue weighted by Gasteiger charge is -2.26. The van der Waals surface area contributed by atoms with Crippen LogP contribution in [0.4, 0.5) is 0 Å². The van der Waals surface area contributed by atoms with E-state index in [0.29, 0.717) is 0 Å². The second kappa shape index (κ2) is 8.79. The van der Waals surface area contributed by atoms with Gasteiger partial charge in [-0.15, -0.1) is 0 Å². The molecule has 0 aromatic carbocycles. The summed E-state index contributed by atoms with van der Waals surface area (Å²) in [7, 11) is 0. The fourth-order valence-electron chi connectivity index (χ4n) is 2.45. The Bertz CT molecular complexity index is 376. The Labute approximate surface area is 125 Å². The molecule has 2 rings (SSSR count). The monoisotopic (exact) mass is 297 g/mol. The standard InChI is InChI=1S/C15H23NO5/c17-14-5-6-15(18)21-13(12-20-14)4-2-1-3-7-16-8-10-19-11-9-16/h5-6,13H,1-4,7-12H2. The lowest BCUT2D eigenvalue weighted by atomic mass is 10.1. The molecule has 0 aromatic heterocycles. The average molecular weight is 297 g/mol. The molecule has 0 bridgehead atoms. The third-order valence-corrected chi connectivity index (χ3v) is 3.65. The molecular weight excluding hydrogens is 274 g/mol. The minimum absolute atomic E-state index is 0.151. The molecule has 0 spiro atoms. The van der Waals surface area contributed by atoms with E-state index in [4.69, 9.17) is 14.2 Å². The summed E-state index contributed by atoms with van der Waals surface area (Å²) < 4.78 is 15.5. The SMILES string of the molecule is O=C1C=CC(=O)OC(CCCCCN2CCOCC2)CO1. The number of carbonyl (C=O) groups excluding carboxylic acids is 2. The van der Waals surface area contributed by atoms with Crippen molar-refractivity contribution in [1.29, 1.82) is 0 Å². The molecule has 0 N–H and O–H groups in total. The largest absolute Gasteiger partial charge is 0.459 e. The third-order valence-electron chi connectivity index (χ3n) is 3.65. The van der Waals surface area contributed by atoms with E-state index < -0.39 is 11.9 Å². The van der Waals surface area contributed by atoms with Crippen LogP contribution in [0.15, 0.2) is 12.2 Å². The van der Waals surface area contributed by atoms with Crippen molar-refractivity contribution in [2.45, 2.75) is 31.8 Å². The smallest absolute Gasteiger partial charge is 0.331 e. The van der Waals surface area contributed by atoms with Crippen LogP contribution in [-0.2, 0) is 23.8 Å². The highest BCUT2D eigenvalue weighted by Gasteiger charge is 2.17. The first-order valence-electron chi connectivity index (χ1n) is 7.59. The van der Waals surface area contributed by atoms with Crippen LogP contribution in [0.25, 0.3) is 0 Å². The number of morpholine rings is 1. The van der Waals surface area contributed by atoms with Crippen LogP contribution in [0.1, 0.15) is 25.7 Å². The first kappa shape index (κ1) is 16.0. The minimum Gasteiger partial charge on any atom is -0.459 e. The summed E-state index contributed by atoms with van der Waals surface area (Å²) >= 11 is 0. The number of cyclic esters (lactones) is 2. The number of ether oxygens (including phenoxy) is 3. The van der Waals surface area contributed by atoms with E-state index in [1.807, 2.05) is 0 Å². The summed E-state index contributed by atoms with van der Waals surface area (Å²) in [5, 5.41) is 0. The molecule has 2 heterocycles. The van der Waals surface area contributed by atoms with E-state index in [1.54, 1.807) is 0 Å². The molecule has 2 aliphatic heterocycles. The van der Waals surface area contributed by atoms with Gasteiger partial charge in [-0.05, 0) is 25.8 Å². The van der Waals surface area contributed by atoms with Gasteiger partial charge in [0.2, 0.25) is 0 Å². The molecule has 1 atom stereocenters. The fraction of sp³-hybridized carbons (Fsp3) is 0.733. The Morgan fingerprint density at radius 1 is 1.05 bits per heavy atom. The van der Waals surface area contributed by atoms with Gasteiger partial charge in [0.25, 0.3) is 0 Å². The summed E-state index contributed by atoms with van der Waals surface area (Å²) in [5.74, 6) is -0.950. The summed E-state index contributed by atoms with van der Waals surface area (Å²) in [6.07, 6.45) is 5.79. The molecule has 0 radical (unpaired) electrons. The number of nitrogens with zero attached hydrogens (tertiary/aromatic N) is 1. The van der Waals surface area contributed by atoms with Gasteiger partial charge >= 0.3 is 11.9 Å². The van der Waals surface area contributed by atoms with E-state index in [-0.39, 0.29) is 12.7 Å². The van der Waals surface area contributed by atoms with Crippen LogP contribution in [-0.4, -0.2) is 62.4 Å². The normalized spacial score (nSPS) is 24.1. The number of rotatable bonds is 6. The molecule has 118 valence electrons. The van der Waals surface area contributed by atoms with Crippen molar-refractivity contribution in [3.63, 3.8) is 0 Å². The van der Waals surface area contributed by atoms with E-state index in [0.717, 1.165) is 70.7 Å². The van der Waals surface area contributed by atoms with Gasteiger partial charge in [0.05, 0.1) is 13.2 Å². The van der Waals surface area contributed by atoms with E-state index in [1.165, 1.54) is 0 Å². The lowest BCUT2D eigenvalue weighted by Crippen LogP contribution is -2.36. The molecule has 0 aliphatic carbocycles. The van der Waals surface area contributed by atoms with Gasteiger partial charge in [0.15, 0.2) is 0 Å². The molecule has 6 heteroatoms. The summed E-state index contributed by atoms with van der Waals surface area (Å²) in [6.45, 7) is 4.93. The fourth-order valence-corrected chi connectivity index (χ4v) is 2.45. The number of hydrogen-bond acceptors (Lipinski definition) is 6. The maximum Gasteiger partial charge on any atom is 0.331 e. The molecule has 2 aliphatic rings. The van der Waals surface area contributed by atoms with Crippen LogP contribution >= 0.6 is 0 Å². The van der Waals surface area contributed by atoms with E-state index >= 15 is 0 Å². The Kier molecular flexibility index (Phi) is 6.69. The molecule has 0 saturated carbocycles. The van der Waals surface area contributed by atoms with E-state index in [2.05, 4.69) is 4.90 Å². The van der Waals surface area contributed by atoms with Crippen molar-refractivity contribution in [2.24, 2.45) is 0 Å². The molecule has 6 nitrogen and oxygen atoms in total. The topological polar surface area (TPSA) is 65.1 Å². The zero-order valence-electron chi connectivity index (χ0n) is 12.3. The molecule has 1 saturated heterocycles. The van der Waals surface area contributed by atoms with Gasteiger partial charge < -0.3 is 14.2 Å². The van der Waals surface area contributed by atoms with Crippen molar-refractivity contribution in [2.75, 3.05) is 39.5 Å². The minimum atomic E-state index is -0.482. The summed E-state index contributed by atoms with van der Waals surface area (Å²) in [5.41, 5.74) is 0. The van der Waals surface area contributed by atoms with Gasteiger partial charge in [0.1, 0.15) is 12.7 Å². The van der Waals surface area contributed by atoms with Crippen LogP contribution < -0.4 is 0 Å². The number of unbranched alkanes of at least 4 members (excludes halogenated alkanes) is 2. The first-order valence-corrected chi connectivity index (χ1v) is 7.59. The zero-order valence-corrected chi connectivity index (χ0v) is 12.3. The van der Waals surface area contributed by atoms with Crippen LogP contribution in [0.5, 0.6) is 0 Å². The number of hydrogen-bond donors (Lipinski definition) is 0. The number of esters is 2. The molecule has 0 amide bonds. The summed E-state index contributed by atoms with van der Waals surface area (Å²) in [6, 6.07) is 0. The quantitative estimate of drug-likeness (QED) is 0.536. The Hall–Kier alpha value is -1.40. The molecule has 0 aromatic rings. The second-order valence-corrected chi connectivity index (χ2v) is 5.33. The van der Waals surface area contributed by atoms with E-state index in [9.17, 15) is 9.59 Å². The third kappa shape index (κ3) is 6.27. The van der Waals surface area contributed by atoms with Crippen LogP contribution in [0.2, 0.25) is 0 Å². The maximum absolute atomic E-state index is 11.4. The molecular formula is C15H23NO5. The van der Waals surface area contributed by atoms with Gasteiger partial charge in [-0.25, -0.2) is 9.59 Å². The Balaban J connectivity index is 1.58. The highest BCUT2D eigenvalue weighted by molar-refractivity contribution is 5.92. The lowest BCUT2D eigenvalue weighted by molar-refractivity contribution is -0.155. The highest BCUT2D eigenvalue weighted by Crippen LogP contribution is 2.11. The van der Waals surface area contributed by atoms with Crippen molar-refractivity contribution in [1.82, 2.24) is 4.90 Å². The van der Waals surface area contributed by atoms with Crippen molar-refractivity contribution in [3.8, 4) is 0 Å². The highest BCUT2D eigenvalue weighted by atomic mass is 16.6. The average Bonchev–Trinajstić information content (AvgIpc) is 2.49. The predicted octanol–water partition coefficient (Wildman–Crippen LogP) is 0.904. The van der Waals surface area contributed by atoms with Gasteiger partial charge in [-0.1, -0.05) is 6.42 Å². The summed E-state index contributed by atoms with van der Waals surface area (Å²) in [4.78, 5) is 24.9. The maximum atomic E-state index is 11.4. The Morgan fingerprint density at radius 2 is 1.81 bits per heavy atom. The first-order chi connectivity index (χ1) is 10.2. The molecule has 21 heavy (non-hydrogen) atoms. The second-order valence-electron chi connectivity index (χ2n) is 5.33. The van der Waals surface area contributed by atoms with Gasteiger partial charge in [-0.3, -0.25) is 4.90 Å². The number of carbonyl (C=O) groups is 2. The van der Waals surface area contributed by atoms with Crippen molar-refractivity contribution >= 4 is 11.9 Å². The molecule has 1 fully saturated rings. The van der Waals surface area contributed by atoms with Gasteiger partial charge in [-0.2, -0.15) is 0 Å². The molecule has 1 unspecified atom stereocenters. The predicted molar refractivity (Wildman–Crippen MR) is 75.7 cm³/mol.